The third kappa shape index (κ3) is 5.38. The van der Waals surface area contributed by atoms with Gasteiger partial charge in [0.15, 0.2) is 0 Å². The summed E-state index contributed by atoms with van der Waals surface area (Å²) >= 11 is 0. The Bertz CT molecular complexity index is 284. The lowest BCUT2D eigenvalue weighted by molar-refractivity contribution is -0.121. The lowest BCUT2D eigenvalue weighted by atomic mass is 9.91. The van der Waals surface area contributed by atoms with Gasteiger partial charge < -0.3 is 16.0 Å². The van der Waals surface area contributed by atoms with Crippen LogP contribution in [-0.2, 0) is 4.79 Å². The fraction of sp³-hybridized carbons (Fsp3) is 0.846. The van der Waals surface area contributed by atoms with E-state index in [9.17, 15) is 9.59 Å². The maximum absolute atomic E-state index is 11.5. The van der Waals surface area contributed by atoms with Crippen molar-refractivity contribution in [3.63, 3.8) is 0 Å². The summed E-state index contributed by atoms with van der Waals surface area (Å²) in [5.41, 5.74) is 0. The molecule has 5 heteroatoms. The zero-order valence-corrected chi connectivity index (χ0v) is 11.6. The fourth-order valence-corrected chi connectivity index (χ4v) is 2.20. The summed E-state index contributed by atoms with van der Waals surface area (Å²) in [6.45, 7) is 5.74. The molecule has 3 amide bonds. The predicted molar refractivity (Wildman–Crippen MR) is 71.3 cm³/mol. The molecule has 0 saturated heterocycles. The number of rotatable bonds is 4. The topological polar surface area (TPSA) is 70.2 Å². The van der Waals surface area contributed by atoms with E-state index in [1.54, 1.807) is 0 Å². The molecule has 3 N–H and O–H groups in total. The van der Waals surface area contributed by atoms with Gasteiger partial charge in [-0.3, -0.25) is 4.79 Å². The number of hydrogen-bond donors (Lipinski definition) is 3. The lowest BCUT2D eigenvalue weighted by Crippen LogP contribution is -2.48. The average Bonchev–Trinajstić information content (AvgIpc) is 2.30. The molecule has 5 nitrogen and oxygen atoms in total. The van der Waals surface area contributed by atoms with E-state index in [4.69, 9.17) is 0 Å². The van der Waals surface area contributed by atoms with Crippen LogP contribution >= 0.6 is 0 Å². The van der Waals surface area contributed by atoms with E-state index in [-0.39, 0.29) is 30.1 Å². The van der Waals surface area contributed by atoms with Crippen LogP contribution in [-0.4, -0.2) is 30.1 Å². The first-order valence-electron chi connectivity index (χ1n) is 6.87. The maximum Gasteiger partial charge on any atom is 0.315 e. The average molecular weight is 255 g/mol. The van der Waals surface area contributed by atoms with Gasteiger partial charge in [-0.2, -0.15) is 0 Å². The van der Waals surface area contributed by atoms with Gasteiger partial charge in [0, 0.05) is 24.5 Å². The monoisotopic (exact) mass is 255 g/mol. The summed E-state index contributed by atoms with van der Waals surface area (Å²) in [6.07, 6.45) is 4.28. The fourth-order valence-electron chi connectivity index (χ4n) is 2.20. The molecule has 1 saturated carbocycles. The first kappa shape index (κ1) is 14.8. The van der Waals surface area contributed by atoms with Crippen molar-refractivity contribution in [3.8, 4) is 0 Å². The molecule has 0 aromatic heterocycles. The van der Waals surface area contributed by atoms with Crippen molar-refractivity contribution in [3.05, 3.63) is 0 Å². The van der Waals surface area contributed by atoms with Crippen molar-refractivity contribution in [2.24, 2.45) is 0 Å². The van der Waals surface area contributed by atoms with Crippen molar-refractivity contribution in [2.75, 3.05) is 0 Å². The molecule has 1 aliphatic rings. The number of carbonyl (C=O) groups is 2. The van der Waals surface area contributed by atoms with Crippen LogP contribution in [0.5, 0.6) is 0 Å². The minimum absolute atomic E-state index is 0.0916. The Hall–Kier alpha value is -1.26. The van der Waals surface area contributed by atoms with Crippen molar-refractivity contribution in [1.29, 1.82) is 0 Å². The van der Waals surface area contributed by atoms with Gasteiger partial charge in [0.2, 0.25) is 5.91 Å². The number of carbonyl (C=O) groups excluding carboxylic acids is 2. The predicted octanol–water partition coefficient (Wildman–Crippen LogP) is 1.53. The summed E-state index contributed by atoms with van der Waals surface area (Å²) in [7, 11) is 0. The van der Waals surface area contributed by atoms with Gasteiger partial charge in [-0.15, -0.1) is 0 Å². The van der Waals surface area contributed by atoms with Crippen LogP contribution in [0, 0.1) is 0 Å². The minimum atomic E-state index is -0.0916. The molecule has 0 atom stereocenters. The van der Waals surface area contributed by atoms with E-state index in [1.807, 2.05) is 20.8 Å². The van der Waals surface area contributed by atoms with Crippen LogP contribution < -0.4 is 16.0 Å². The van der Waals surface area contributed by atoms with Crippen molar-refractivity contribution in [2.45, 2.75) is 71.0 Å². The molecule has 18 heavy (non-hydrogen) atoms. The standard InChI is InChI=1S/C13H25N3O2/c1-4-12(17)15-10-5-7-11(8-6-10)16-13(18)14-9(2)3/h9-11H,4-8H2,1-3H3,(H,15,17)(H2,14,16,18). The molecule has 0 bridgehead atoms. The summed E-state index contributed by atoms with van der Waals surface area (Å²) in [5, 5.41) is 8.81. The van der Waals surface area contributed by atoms with Crippen LogP contribution in [0.15, 0.2) is 0 Å². The number of amides is 3. The normalized spacial score (nSPS) is 23.6. The van der Waals surface area contributed by atoms with Gasteiger partial charge in [-0.1, -0.05) is 6.92 Å². The highest BCUT2D eigenvalue weighted by Gasteiger charge is 2.23. The highest BCUT2D eigenvalue weighted by atomic mass is 16.2. The van der Waals surface area contributed by atoms with Gasteiger partial charge in [0.1, 0.15) is 0 Å². The smallest absolute Gasteiger partial charge is 0.315 e. The highest BCUT2D eigenvalue weighted by Crippen LogP contribution is 2.18. The van der Waals surface area contributed by atoms with E-state index < -0.39 is 0 Å². The molecule has 0 spiro atoms. The Kier molecular flexibility index (Phi) is 5.95. The molecule has 104 valence electrons. The molecule has 1 rings (SSSR count). The van der Waals surface area contributed by atoms with Gasteiger partial charge in [-0.25, -0.2) is 4.79 Å². The minimum Gasteiger partial charge on any atom is -0.353 e. The van der Waals surface area contributed by atoms with Gasteiger partial charge in [0.05, 0.1) is 0 Å². The van der Waals surface area contributed by atoms with E-state index in [0.29, 0.717) is 6.42 Å². The van der Waals surface area contributed by atoms with Crippen LogP contribution in [0.25, 0.3) is 0 Å². The van der Waals surface area contributed by atoms with Crippen LogP contribution in [0.2, 0.25) is 0 Å². The first-order valence-corrected chi connectivity index (χ1v) is 6.87. The Morgan fingerprint density at radius 2 is 1.56 bits per heavy atom. The molecule has 0 unspecified atom stereocenters. The lowest BCUT2D eigenvalue weighted by Gasteiger charge is -2.29. The maximum atomic E-state index is 11.5. The van der Waals surface area contributed by atoms with E-state index in [2.05, 4.69) is 16.0 Å². The molecule has 0 radical (unpaired) electrons. The first-order chi connectivity index (χ1) is 8.51. The Balaban J connectivity index is 2.23. The Morgan fingerprint density at radius 3 is 2.00 bits per heavy atom. The van der Waals surface area contributed by atoms with Crippen LogP contribution in [0.3, 0.4) is 0 Å². The summed E-state index contributed by atoms with van der Waals surface area (Å²) in [6, 6.07) is 0.582. The highest BCUT2D eigenvalue weighted by molar-refractivity contribution is 5.76. The van der Waals surface area contributed by atoms with E-state index >= 15 is 0 Å². The molecule has 0 heterocycles. The Labute approximate surface area is 109 Å². The van der Waals surface area contributed by atoms with Crippen LogP contribution in [0.1, 0.15) is 52.9 Å². The molecule has 0 aromatic carbocycles. The van der Waals surface area contributed by atoms with E-state index in [1.165, 1.54) is 0 Å². The second kappa shape index (κ2) is 7.24. The van der Waals surface area contributed by atoms with Crippen molar-refractivity contribution >= 4 is 11.9 Å². The summed E-state index contributed by atoms with van der Waals surface area (Å²) in [4.78, 5) is 22.8. The van der Waals surface area contributed by atoms with Gasteiger partial charge >= 0.3 is 6.03 Å². The van der Waals surface area contributed by atoms with Gasteiger partial charge in [0.25, 0.3) is 0 Å². The zero-order valence-electron chi connectivity index (χ0n) is 11.6. The summed E-state index contributed by atoms with van der Waals surface area (Å²) < 4.78 is 0. The van der Waals surface area contributed by atoms with Crippen molar-refractivity contribution < 1.29 is 9.59 Å². The molecule has 0 aromatic rings. The SMILES string of the molecule is CCC(=O)NC1CCC(NC(=O)NC(C)C)CC1. The second-order valence-corrected chi connectivity index (χ2v) is 5.24. The molecule has 1 fully saturated rings. The quantitative estimate of drug-likeness (QED) is 0.713. The molecular formula is C13H25N3O2. The molecular weight excluding hydrogens is 230 g/mol. The Morgan fingerprint density at radius 1 is 1.06 bits per heavy atom. The third-order valence-electron chi connectivity index (χ3n) is 3.17. The molecule has 0 aliphatic heterocycles. The number of nitrogens with one attached hydrogen (secondary N) is 3. The van der Waals surface area contributed by atoms with Crippen molar-refractivity contribution in [1.82, 2.24) is 16.0 Å². The van der Waals surface area contributed by atoms with Crippen LogP contribution in [0.4, 0.5) is 4.79 Å². The second-order valence-electron chi connectivity index (χ2n) is 5.24. The summed E-state index contributed by atoms with van der Waals surface area (Å²) in [5.74, 6) is 0.115. The van der Waals surface area contributed by atoms with E-state index in [0.717, 1.165) is 25.7 Å². The largest absolute Gasteiger partial charge is 0.353 e. The van der Waals surface area contributed by atoms with Gasteiger partial charge in [-0.05, 0) is 39.5 Å². The third-order valence-corrected chi connectivity index (χ3v) is 3.17. The number of hydrogen-bond acceptors (Lipinski definition) is 2. The molecule has 1 aliphatic carbocycles. The zero-order chi connectivity index (χ0) is 13.5. The number of urea groups is 1.